The minimum Gasteiger partial charge on any atom is -0.496 e. The maximum atomic E-state index is 12.5. The molecule has 0 aliphatic rings. The molecule has 1 aromatic rings. The van der Waals surface area contributed by atoms with Gasteiger partial charge in [-0.1, -0.05) is 0 Å². The second-order valence-electron chi connectivity index (χ2n) is 2.11. The molecule has 1 N–H and O–H groups in total. The van der Waals surface area contributed by atoms with E-state index in [0.717, 1.165) is 0 Å². The second-order valence-corrected chi connectivity index (χ2v) is 2.11. The van der Waals surface area contributed by atoms with Crippen LogP contribution in [-0.2, 0) is 6.61 Å². The van der Waals surface area contributed by atoms with Crippen molar-refractivity contribution >= 4 is 29.6 Å². The molecule has 61 valence electrons. The predicted molar refractivity (Wildman–Crippen MR) is 44.6 cm³/mol. The molecule has 1 aromatic carbocycles. The van der Waals surface area contributed by atoms with Gasteiger partial charge in [0.25, 0.3) is 0 Å². The summed E-state index contributed by atoms with van der Waals surface area (Å²) in [5.41, 5.74) is 0.465. The largest absolute Gasteiger partial charge is 0.496 e. The first-order chi connectivity index (χ1) is 5.27. The fourth-order valence-electron chi connectivity index (χ4n) is 0.871. The van der Waals surface area contributed by atoms with E-state index in [1.54, 1.807) is 0 Å². The van der Waals surface area contributed by atoms with Crippen LogP contribution in [0.25, 0.3) is 0 Å². The van der Waals surface area contributed by atoms with Crippen molar-refractivity contribution in [2.24, 2.45) is 0 Å². The molecule has 0 fully saturated rings. The summed E-state index contributed by atoms with van der Waals surface area (Å²) >= 11 is 0. The first kappa shape index (κ1) is 11.9. The van der Waals surface area contributed by atoms with E-state index in [1.165, 1.54) is 25.3 Å². The van der Waals surface area contributed by atoms with E-state index in [9.17, 15) is 4.39 Å². The molecular weight excluding hydrogens is 170 g/mol. The molecular formula is C8H9FNaO2. The third-order valence-corrected chi connectivity index (χ3v) is 1.41. The molecule has 0 aliphatic carbocycles. The van der Waals surface area contributed by atoms with Gasteiger partial charge in [0.2, 0.25) is 0 Å². The molecule has 0 amide bonds. The standard InChI is InChI=1S/C8H9FO2.Na/c1-11-8-3-2-7(9)4-6(8)5-10;/h2-4,10H,5H2,1H3;. The Hall–Kier alpha value is -0.0900. The van der Waals surface area contributed by atoms with Crippen LogP contribution in [0.4, 0.5) is 4.39 Å². The van der Waals surface area contributed by atoms with Crippen molar-refractivity contribution in [3.63, 3.8) is 0 Å². The molecule has 0 bridgehead atoms. The number of benzene rings is 1. The van der Waals surface area contributed by atoms with E-state index in [-0.39, 0.29) is 42.0 Å². The molecule has 12 heavy (non-hydrogen) atoms. The van der Waals surface area contributed by atoms with Crippen LogP contribution in [-0.4, -0.2) is 41.8 Å². The maximum absolute atomic E-state index is 12.5. The summed E-state index contributed by atoms with van der Waals surface area (Å²) in [6.45, 7) is -0.207. The average Bonchev–Trinajstić information content (AvgIpc) is 2.04. The summed E-state index contributed by atoms with van der Waals surface area (Å²) in [7, 11) is 1.48. The fraction of sp³-hybridized carbons (Fsp3) is 0.250. The first-order valence-electron chi connectivity index (χ1n) is 3.21. The average molecular weight is 179 g/mol. The van der Waals surface area contributed by atoms with Crippen molar-refractivity contribution in [2.75, 3.05) is 7.11 Å². The van der Waals surface area contributed by atoms with E-state index in [4.69, 9.17) is 9.84 Å². The van der Waals surface area contributed by atoms with Gasteiger partial charge in [0.15, 0.2) is 0 Å². The summed E-state index contributed by atoms with van der Waals surface area (Å²) in [6, 6.07) is 4.03. The van der Waals surface area contributed by atoms with Gasteiger partial charge in [-0.25, -0.2) is 4.39 Å². The fourth-order valence-corrected chi connectivity index (χ4v) is 0.871. The van der Waals surface area contributed by atoms with E-state index >= 15 is 0 Å². The molecule has 0 aromatic heterocycles. The Morgan fingerprint density at radius 2 is 2.17 bits per heavy atom. The SMILES string of the molecule is COc1ccc(F)cc1CO.[Na]. The van der Waals surface area contributed by atoms with Crippen LogP contribution in [0.15, 0.2) is 18.2 Å². The van der Waals surface area contributed by atoms with Gasteiger partial charge in [-0.15, -0.1) is 0 Å². The normalized spacial score (nSPS) is 8.92. The Bertz CT molecular complexity index is 253. The Labute approximate surface area is 92.6 Å². The molecule has 1 rings (SSSR count). The minimum atomic E-state index is -0.366. The zero-order chi connectivity index (χ0) is 8.27. The Morgan fingerprint density at radius 3 is 2.67 bits per heavy atom. The zero-order valence-corrected chi connectivity index (χ0v) is 9.17. The van der Waals surface area contributed by atoms with Crippen LogP contribution in [0.1, 0.15) is 5.56 Å². The van der Waals surface area contributed by atoms with Gasteiger partial charge in [-0.2, -0.15) is 0 Å². The van der Waals surface area contributed by atoms with Crippen LogP contribution in [0.2, 0.25) is 0 Å². The molecule has 0 aliphatic heterocycles. The summed E-state index contributed by atoms with van der Waals surface area (Å²) in [6.07, 6.45) is 0. The molecule has 0 heterocycles. The number of rotatable bonds is 2. The minimum absolute atomic E-state index is 0. The van der Waals surface area contributed by atoms with Crippen LogP contribution < -0.4 is 4.74 Å². The third kappa shape index (κ3) is 2.75. The van der Waals surface area contributed by atoms with Gasteiger partial charge in [0.1, 0.15) is 11.6 Å². The molecule has 2 nitrogen and oxygen atoms in total. The van der Waals surface area contributed by atoms with Crippen LogP contribution in [0.5, 0.6) is 5.75 Å². The molecule has 0 spiro atoms. The summed E-state index contributed by atoms with van der Waals surface area (Å²) in [5, 5.41) is 8.73. The molecule has 0 unspecified atom stereocenters. The number of aliphatic hydroxyl groups excluding tert-OH is 1. The van der Waals surface area contributed by atoms with Crippen molar-refractivity contribution in [2.45, 2.75) is 6.61 Å². The smallest absolute Gasteiger partial charge is 0.124 e. The quantitative estimate of drug-likeness (QED) is 0.685. The Balaban J connectivity index is 0.00000121. The second kappa shape index (κ2) is 5.54. The summed E-state index contributed by atoms with van der Waals surface area (Å²) in [4.78, 5) is 0. The van der Waals surface area contributed by atoms with Crippen LogP contribution >= 0.6 is 0 Å². The number of halogens is 1. The van der Waals surface area contributed by atoms with Crippen LogP contribution in [0, 0.1) is 5.82 Å². The van der Waals surface area contributed by atoms with Crippen molar-refractivity contribution < 1.29 is 14.2 Å². The topological polar surface area (TPSA) is 29.5 Å². The number of ether oxygens (including phenoxy) is 1. The molecule has 0 saturated carbocycles. The van der Waals surface area contributed by atoms with Gasteiger partial charge in [0, 0.05) is 35.1 Å². The maximum Gasteiger partial charge on any atom is 0.124 e. The van der Waals surface area contributed by atoms with Gasteiger partial charge in [0.05, 0.1) is 13.7 Å². The number of aliphatic hydroxyl groups is 1. The third-order valence-electron chi connectivity index (χ3n) is 1.41. The number of hydrogen-bond acceptors (Lipinski definition) is 2. The van der Waals surface area contributed by atoms with Gasteiger partial charge < -0.3 is 9.84 Å². The van der Waals surface area contributed by atoms with E-state index < -0.39 is 0 Å². The molecule has 0 saturated heterocycles. The molecule has 1 radical (unpaired) electrons. The first-order valence-corrected chi connectivity index (χ1v) is 3.21. The van der Waals surface area contributed by atoms with E-state index in [2.05, 4.69) is 0 Å². The number of hydrogen-bond donors (Lipinski definition) is 1. The van der Waals surface area contributed by atoms with E-state index in [1.807, 2.05) is 0 Å². The molecule has 0 atom stereocenters. The summed E-state index contributed by atoms with van der Waals surface area (Å²) in [5.74, 6) is 0.142. The van der Waals surface area contributed by atoms with Gasteiger partial charge >= 0.3 is 0 Å². The predicted octanol–water partition coefficient (Wildman–Crippen LogP) is 0.946. The Morgan fingerprint density at radius 1 is 1.50 bits per heavy atom. The monoisotopic (exact) mass is 179 g/mol. The Kier molecular flexibility index (Phi) is 5.50. The van der Waals surface area contributed by atoms with Crippen molar-refractivity contribution in [3.05, 3.63) is 29.6 Å². The van der Waals surface area contributed by atoms with Gasteiger partial charge in [-0.3, -0.25) is 0 Å². The van der Waals surface area contributed by atoms with Crippen molar-refractivity contribution in [3.8, 4) is 5.75 Å². The van der Waals surface area contributed by atoms with Crippen molar-refractivity contribution in [1.29, 1.82) is 0 Å². The van der Waals surface area contributed by atoms with Gasteiger partial charge in [-0.05, 0) is 18.2 Å². The molecule has 4 heteroatoms. The van der Waals surface area contributed by atoms with E-state index in [0.29, 0.717) is 11.3 Å². The van der Waals surface area contributed by atoms with Crippen molar-refractivity contribution in [1.82, 2.24) is 0 Å². The zero-order valence-electron chi connectivity index (χ0n) is 7.17. The van der Waals surface area contributed by atoms with Crippen LogP contribution in [0.3, 0.4) is 0 Å². The number of methoxy groups -OCH3 is 1. The summed E-state index contributed by atoms with van der Waals surface area (Å²) < 4.78 is 17.4.